The van der Waals surface area contributed by atoms with Gasteiger partial charge < -0.3 is 14.8 Å². The van der Waals surface area contributed by atoms with E-state index in [1.807, 2.05) is 83.8 Å². The summed E-state index contributed by atoms with van der Waals surface area (Å²) < 4.78 is 1.80. The van der Waals surface area contributed by atoms with E-state index in [1.54, 1.807) is 10.6 Å². The summed E-state index contributed by atoms with van der Waals surface area (Å²) in [7, 11) is 0. The minimum atomic E-state index is -0.206. The molecular weight excluding hydrogens is 450 g/mol. The first-order valence-corrected chi connectivity index (χ1v) is 12.4. The van der Waals surface area contributed by atoms with Crippen LogP contribution < -0.4 is 10.9 Å². The number of hydrogen-bond acceptors (Lipinski definition) is 3. The molecule has 1 fully saturated rings. The Kier molecular flexibility index (Phi) is 5.64. The van der Waals surface area contributed by atoms with E-state index >= 15 is 0 Å². The fraction of sp³-hybridized carbons (Fsp3) is 0.233. The molecule has 3 aromatic carbocycles. The second-order valence-electron chi connectivity index (χ2n) is 9.87. The Balaban J connectivity index is 1.20. The monoisotopic (exact) mass is 477 g/mol. The summed E-state index contributed by atoms with van der Waals surface area (Å²) in [6.45, 7) is 1.76. The van der Waals surface area contributed by atoms with Crippen LogP contribution in [0, 0.1) is 5.92 Å². The average molecular weight is 478 g/mol. The van der Waals surface area contributed by atoms with Crippen LogP contribution in [-0.4, -0.2) is 34.4 Å². The normalized spacial score (nSPS) is 18.5. The van der Waals surface area contributed by atoms with Crippen LogP contribution in [0.2, 0.25) is 0 Å². The van der Waals surface area contributed by atoms with Crippen molar-refractivity contribution in [3.63, 3.8) is 0 Å². The van der Waals surface area contributed by atoms with E-state index in [2.05, 4.69) is 5.32 Å². The first kappa shape index (κ1) is 22.3. The smallest absolute Gasteiger partial charge is 0.274 e. The molecule has 6 heteroatoms. The summed E-state index contributed by atoms with van der Waals surface area (Å²) in [5.41, 5.74) is 2.68. The summed E-state index contributed by atoms with van der Waals surface area (Å²) in [5.74, 6) is 0.135. The molecule has 2 amide bonds. The number of aromatic nitrogens is 1. The van der Waals surface area contributed by atoms with Gasteiger partial charge in [0.25, 0.3) is 11.5 Å². The van der Waals surface area contributed by atoms with Crippen LogP contribution in [0.1, 0.15) is 34.0 Å². The molecule has 0 aliphatic carbocycles. The number of hydrogen-bond donors (Lipinski definition) is 1. The highest BCUT2D eigenvalue weighted by atomic mass is 16.2. The Bertz CT molecular complexity index is 1530. The lowest BCUT2D eigenvalue weighted by atomic mass is 9.83. The number of anilines is 1. The van der Waals surface area contributed by atoms with Gasteiger partial charge in [0.2, 0.25) is 5.91 Å². The van der Waals surface area contributed by atoms with Crippen LogP contribution in [0.3, 0.4) is 0 Å². The third-order valence-corrected chi connectivity index (χ3v) is 7.37. The van der Waals surface area contributed by atoms with Crippen LogP contribution in [-0.2, 0) is 17.8 Å². The van der Waals surface area contributed by atoms with Crippen molar-refractivity contribution in [2.24, 2.45) is 5.92 Å². The number of likely N-dealkylation sites (tertiary alicyclic amines) is 1. The van der Waals surface area contributed by atoms with Gasteiger partial charge >= 0.3 is 0 Å². The predicted octanol–water partition coefficient (Wildman–Crippen LogP) is 4.44. The van der Waals surface area contributed by atoms with Crippen LogP contribution in [0.5, 0.6) is 0 Å². The molecule has 2 bridgehead atoms. The molecule has 1 saturated heterocycles. The molecule has 2 aliphatic heterocycles. The number of fused-ring (bicyclic) bond motifs is 5. The Morgan fingerprint density at radius 1 is 0.833 bits per heavy atom. The number of amides is 2. The molecule has 1 N–H and O–H groups in total. The van der Waals surface area contributed by atoms with E-state index in [-0.39, 0.29) is 35.6 Å². The van der Waals surface area contributed by atoms with Crippen molar-refractivity contribution in [3.05, 3.63) is 112 Å². The molecule has 2 aliphatic rings. The molecule has 0 spiro atoms. The van der Waals surface area contributed by atoms with Crippen molar-refractivity contribution in [2.75, 3.05) is 18.4 Å². The summed E-state index contributed by atoms with van der Waals surface area (Å²) in [4.78, 5) is 41.1. The van der Waals surface area contributed by atoms with Crippen molar-refractivity contribution >= 4 is 28.3 Å². The maximum absolute atomic E-state index is 13.4. The molecule has 2 atom stereocenters. The molecule has 180 valence electrons. The van der Waals surface area contributed by atoms with E-state index < -0.39 is 0 Å². The van der Waals surface area contributed by atoms with Gasteiger partial charge in [0, 0.05) is 36.8 Å². The first-order valence-electron chi connectivity index (χ1n) is 12.4. The van der Waals surface area contributed by atoms with Crippen LogP contribution in [0.4, 0.5) is 5.69 Å². The van der Waals surface area contributed by atoms with Crippen molar-refractivity contribution < 1.29 is 9.59 Å². The number of carbonyl (C=O) groups is 2. The summed E-state index contributed by atoms with van der Waals surface area (Å²) in [6.07, 6.45) is 1.18. The average Bonchev–Trinajstić information content (AvgIpc) is 2.90. The second kappa shape index (κ2) is 9.11. The highest BCUT2D eigenvalue weighted by molar-refractivity contribution is 5.98. The lowest BCUT2D eigenvalue weighted by molar-refractivity contribution is -0.115. The van der Waals surface area contributed by atoms with E-state index in [4.69, 9.17) is 0 Å². The van der Waals surface area contributed by atoms with Gasteiger partial charge in [-0.3, -0.25) is 14.4 Å². The second-order valence-corrected chi connectivity index (χ2v) is 9.87. The Labute approximate surface area is 209 Å². The van der Waals surface area contributed by atoms with Gasteiger partial charge in [-0.2, -0.15) is 0 Å². The van der Waals surface area contributed by atoms with Gasteiger partial charge in [-0.15, -0.1) is 0 Å². The summed E-state index contributed by atoms with van der Waals surface area (Å²) in [5, 5.41) is 4.97. The lowest BCUT2D eigenvalue weighted by Gasteiger charge is -2.43. The van der Waals surface area contributed by atoms with E-state index in [0.29, 0.717) is 30.9 Å². The van der Waals surface area contributed by atoms with Crippen molar-refractivity contribution in [3.8, 4) is 0 Å². The van der Waals surface area contributed by atoms with Gasteiger partial charge in [-0.25, -0.2) is 0 Å². The minimum Gasteiger partial charge on any atom is -0.338 e. The molecule has 4 aromatic rings. The maximum atomic E-state index is 13.4. The third-order valence-electron chi connectivity index (χ3n) is 7.37. The highest BCUT2D eigenvalue weighted by Crippen LogP contribution is 2.36. The first-order chi connectivity index (χ1) is 17.5. The summed E-state index contributed by atoms with van der Waals surface area (Å²) in [6, 6.07) is 27.0. The highest BCUT2D eigenvalue weighted by Gasteiger charge is 2.37. The zero-order chi connectivity index (χ0) is 24.6. The SMILES string of the molecule is O=C(Cc1ccccc1)Nc1ccc2n(c1=O)C[C@@H]1C[C@@H]2CN(C(=O)c2ccc3ccccc3c2)C1. The number of carbonyl (C=O) groups excluding carboxylic acids is 2. The molecule has 6 rings (SSSR count). The molecule has 0 saturated carbocycles. The Morgan fingerprint density at radius 3 is 2.44 bits per heavy atom. The quantitative estimate of drug-likeness (QED) is 0.472. The largest absolute Gasteiger partial charge is 0.338 e. The zero-order valence-electron chi connectivity index (χ0n) is 19.9. The van der Waals surface area contributed by atoms with Crippen molar-refractivity contribution in [1.29, 1.82) is 0 Å². The van der Waals surface area contributed by atoms with E-state index in [0.717, 1.165) is 28.5 Å². The number of benzene rings is 3. The maximum Gasteiger partial charge on any atom is 0.274 e. The number of nitrogens with one attached hydrogen (secondary N) is 1. The topological polar surface area (TPSA) is 71.4 Å². The fourth-order valence-corrected chi connectivity index (χ4v) is 5.69. The van der Waals surface area contributed by atoms with Crippen molar-refractivity contribution in [2.45, 2.75) is 25.3 Å². The standard InChI is InChI=1S/C30H27N3O3/c34-28(15-20-6-2-1-3-7-20)31-26-12-13-27-25-14-21(18-33(27)30(26)36)17-32(19-25)29(35)24-11-10-22-8-4-5-9-23(22)16-24/h1-13,16,21,25H,14-15,17-19H2,(H,31,34)/t21-,25-/m1/s1. The Hall–Kier alpha value is -4.19. The number of rotatable bonds is 4. The molecule has 6 nitrogen and oxygen atoms in total. The number of nitrogens with zero attached hydrogens (tertiary/aromatic N) is 2. The van der Waals surface area contributed by atoms with Crippen LogP contribution in [0.25, 0.3) is 10.8 Å². The third kappa shape index (κ3) is 4.19. The van der Waals surface area contributed by atoms with Crippen molar-refractivity contribution in [1.82, 2.24) is 9.47 Å². The predicted molar refractivity (Wildman–Crippen MR) is 140 cm³/mol. The minimum absolute atomic E-state index is 0.0380. The molecule has 36 heavy (non-hydrogen) atoms. The van der Waals surface area contributed by atoms with Gasteiger partial charge in [-0.05, 0) is 52.9 Å². The fourth-order valence-electron chi connectivity index (χ4n) is 5.69. The number of piperidine rings is 1. The van der Waals surface area contributed by atoms with Crippen LogP contribution >= 0.6 is 0 Å². The van der Waals surface area contributed by atoms with Gasteiger partial charge in [-0.1, -0.05) is 60.7 Å². The van der Waals surface area contributed by atoms with E-state index in [9.17, 15) is 14.4 Å². The zero-order valence-corrected chi connectivity index (χ0v) is 19.9. The molecule has 0 unspecified atom stereocenters. The molecular formula is C30H27N3O3. The van der Waals surface area contributed by atoms with Gasteiger partial charge in [0.15, 0.2) is 0 Å². The van der Waals surface area contributed by atoms with E-state index in [1.165, 1.54) is 0 Å². The number of pyridine rings is 1. The van der Waals surface area contributed by atoms with Crippen LogP contribution in [0.15, 0.2) is 89.7 Å². The summed E-state index contributed by atoms with van der Waals surface area (Å²) >= 11 is 0. The molecule has 1 aromatic heterocycles. The Morgan fingerprint density at radius 2 is 1.61 bits per heavy atom. The molecule has 3 heterocycles. The van der Waals surface area contributed by atoms with Gasteiger partial charge in [0.1, 0.15) is 5.69 Å². The van der Waals surface area contributed by atoms with Gasteiger partial charge in [0.05, 0.1) is 6.42 Å². The molecule has 0 radical (unpaired) electrons. The lowest BCUT2D eigenvalue weighted by Crippen LogP contribution is -2.49.